The van der Waals surface area contributed by atoms with Crippen molar-refractivity contribution < 1.29 is 14.3 Å². The smallest absolute Gasteiger partial charge is 0.338 e. The molecule has 0 fully saturated rings. The van der Waals surface area contributed by atoms with Crippen molar-refractivity contribution in [1.82, 2.24) is 0 Å². The quantitative estimate of drug-likeness (QED) is 0.385. The van der Waals surface area contributed by atoms with E-state index in [2.05, 4.69) is 0 Å². The third kappa shape index (κ3) is 4.00. The van der Waals surface area contributed by atoms with E-state index in [1.165, 1.54) is 7.11 Å². The van der Waals surface area contributed by atoms with Crippen molar-refractivity contribution in [1.29, 1.82) is 0 Å². The lowest BCUT2D eigenvalue weighted by molar-refractivity contribution is 0.0597. The van der Waals surface area contributed by atoms with Crippen LogP contribution in [-0.4, -0.2) is 25.9 Å². The van der Waals surface area contributed by atoms with Crippen LogP contribution in [0.4, 0.5) is 17.1 Å². The predicted octanol–water partition coefficient (Wildman–Crippen LogP) is 4.71. The number of hydrogen-bond donors (Lipinski definition) is 1. The van der Waals surface area contributed by atoms with E-state index >= 15 is 0 Å². The Morgan fingerprint density at radius 3 is 2.11 bits per heavy atom. The highest BCUT2D eigenvalue weighted by atomic mass is 35.5. The van der Waals surface area contributed by atoms with Gasteiger partial charge in [-0.3, -0.25) is 4.79 Å². The molecule has 0 saturated carbocycles. The van der Waals surface area contributed by atoms with E-state index in [-0.39, 0.29) is 16.9 Å². The highest BCUT2D eigenvalue weighted by molar-refractivity contribution is 6.30. The van der Waals surface area contributed by atoms with E-state index in [0.29, 0.717) is 16.3 Å². The van der Waals surface area contributed by atoms with Crippen LogP contribution >= 0.6 is 11.6 Å². The first kappa shape index (κ1) is 19.5. The van der Waals surface area contributed by atoms with E-state index in [9.17, 15) is 9.59 Å². The SMILES string of the molecule is COC(=O)c1cc(N(C)c2ccc(Cl)cc2)ccc1C(=O)c1ccc(N)cc1. The Hall–Kier alpha value is -3.31. The lowest BCUT2D eigenvalue weighted by Gasteiger charge is -2.21. The van der Waals surface area contributed by atoms with Crippen molar-refractivity contribution in [3.8, 4) is 0 Å². The normalized spacial score (nSPS) is 10.4. The average Bonchev–Trinajstić information content (AvgIpc) is 2.73. The van der Waals surface area contributed by atoms with Gasteiger partial charge in [0.25, 0.3) is 0 Å². The van der Waals surface area contributed by atoms with Crippen molar-refractivity contribution in [3.63, 3.8) is 0 Å². The van der Waals surface area contributed by atoms with Crippen molar-refractivity contribution >= 4 is 40.4 Å². The minimum atomic E-state index is -0.579. The van der Waals surface area contributed by atoms with E-state index in [0.717, 1.165) is 11.4 Å². The fourth-order valence-corrected chi connectivity index (χ4v) is 2.95. The molecule has 3 aromatic rings. The molecule has 0 aromatic heterocycles. The summed E-state index contributed by atoms with van der Waals surface area (Å²) in [6.07, 6.45) is 0. The number of methoxy groups -OCH3 is 1. The van der Waals surface area contributed by atoms with E-state index in [1.54, 1.807) is 54.6 Å². The fourth-order valence-electron chi connectivity index (χ4n) is 2.82. The molecule has 28 heavy (non-hydrogen) atoms. The third-order valence-electron chi connectivity index (χ3n) is 4.43. The molecule has 0 bridgehead atoms. The number of rotatable bonds is 5. The standard InChI is InChI=1S/C22H19ClN2O3/c1-25(17-9-5-15(23)6-10-17)18-11-12-19(20(13-18)22(27)28-2)21(26)14-3-7-16(24)8-4-14/h3-13H,24H2,1-2H3. The number of halogens is 1. The van der Waals surface area contributed by atoms with Crippen LogP contribution in [0.25, 0.3) is 0 Å². The van der Waals surface area contributed by atoms with Crippen LogP contribution in [0, 0.1) is 0 Å². The maximum absolute atomic E-state index is 12.9. The number of carbonyl (C=O) groups excluding carboxylic acids is 2. The molecule has 0 aliphatic carbocycles. The summed E-state index contributed by atoms with van der Waals surface area (Å²) in [6.45, 7) is 0. The Labute approximate surface area is 168 Å². The van der Waals surface area contributed by atoms with Crippen LogP contribution in [-0.2, 0) is 4.74 Å². The number of carbonyl (C=O) groups is 2. The molecule has 0 aliphatic heterocycles. The molecule has 5 nitrogen and oxygen atoms in total. The summed E-state index contributed by atoms with van der Waals surface area (Å²) < 4.78 is 4.89. The summed E-state index contributed by atoms with van der Waals surface area (Å²) in [6, 6.07) is 18.9. The van der Waals surface area contributed by atoms with Crippen LogP contribution in [0.15, 0.2) is 66.7 Å². The Morgan fingerprint density at radius 1 is 0.893 bits per heavy atom. The fraction of sp³-hybridized carbons (Fsp3) is 0.0909. The van der Waals surface area contributed by atoms with Crippen LogP contribution in [0.1, 0.15) is 26.3 Å². The van der Waals surface area contributed by atoms with Gasteiger partial charge in [0.15, 0.2) is 5.78 Å². The van der Waals surface area contributed by atoms with Crippen molar-refractivity contribution in [2.75, 3.05) is 24.8 Å². The summed E-state index contributed by atoms with van der Waals surface area (Å²) in [5.41, 5.74) is 8.77. The summed E-state index contributed by atoms with van der Waals surface area (Å²) in [4.78, 5) is 27.1. The van der Waals surface area contributed by atoms with Gasteiger partial charge in [0.2, 0.25) is 0 Å². The van der Waals surface area contributed by atoms with Gasteiger partial charge in [-0.15, -0.1) is 0 Å². The number of anilines is 3. The van der Waals surface area contributed by atoms with Gasteiger partial charge in [0.05, 0.1) is 12.7 Å². The zero-order valence-electron chi connectivity index (χ0n) is 15.5. The zero-order valence-corrected chi connectivity index (χ0v) is 16.2. The maximum atomic E-state index is 12.9. The molecule has 0 amide bonds. The van der Waals surface area contributed by atoms with Gasteiger partial charge in [-0.25, -0.2) is 4.79 Å². The Balaban J connectivity index is 2.02. The van der Waals surface area contributed by atoms with Gasteiger partial charge in [0, 0.05) is 40.3 Å². The van der Waals surface area contributed by atoms with Crippen molar-refractivity contribution in [3.05, 3.63) is 88.4 Å². The molecule has 142 valence electrons. The molecule has 3 aromatic carbocycles. The summed E-state index contributed by atoms with van der Waals surface area (Å²) in [7, 11) is 3.15. The molecular formula is C22H19ClN2O3. The monoisotopic (exact) mass is 394 g/mol. The topological polar surface area (TPSA) is 72.6 Å². The first-order valence-electron chi connectivity index (χ1n) is 8.52. The predicted molar refractivity (Wildman–Crippen MR) is 112 cm³/mol. The molecule has 2 N–H and O–H groups in total. The number of nitrogens with zero attached hydrogens (tertiary/aromatic N) is 1. The second-order valence-corrected chi connectivity index (χ2v) is 6.64. The number of ketones is 1. The Morgan fingerprint density at radius 2 is 1.50 bits per heavy atom. The average molecular weight is 395 g/mol. The van der Waals surface area contributed by atoms with Crippen LogP contribution in [0.3, 0.4) is 0 Å². The summed E-state index contributed by atoms with van der Waals surface area (Å²) >= 11 is 5.95. The summed E-state index contributed by atoms with van der Waals surface area (Å²) in [5.74, 6) is -0.855. The highest BCUT2D eigenvalue weighted by Crippen LogP contribution is 2.28. The molecule has 0 radical (unpaired) electrons. The molecule has 0 saturated heterocycles. The number of benzene rings is 3. The lowest BCUT2D eigenvalue weighted by Crippen LogP contribution is -2.15. The van der Waals surface area contributed by atoms with Gasteiger partial charge in [-0.1, -0.05) is 11.6 Å². The molecule has 0 aliphatic rings. The minimum Gasteiger partial charge on any atom is -0.465 e. The van der Waals surface area contributed by atoms with Crippen molar-refractivity contribution in [2.24, 2.45) is 0 Å². The van der Waals surface area contributed by atoms with Gasteiger partial charge in [-0.2, -0.15) is 0 Å². The third-order valence-corrected chi connectivity index (χ3v) is 4.68. The molecule has 0 heterocycles. The van der Waals surface area contributed by atoms with E-state index in [1.807, 2.05) is 24.1 Å². The minimum absolute atomic E-state index is 0.197. The van der Waals surface area contributed by atoms with Crippen LogP contribution in [0.2, 0.25) is 5.02 Å². The number of esters is 1. The Kier molecular flexibility index (Phi) is 5.66. The summed E-state index contributed by atoms with van der Waals surface area (Å²) in [5, 5.41) is 0.636. The van der Waals surface area contributed by atoms with Gasteiger partial charge < -0.3 is 15.4 Å². The first-order chi connectivity index (χ1) is 13.4. The molecule has 3 rings (SSSR count). The molecule has 0 spiro atoms. The molecule has 0 unspecified atom stereocenters. The molecule has 0 atom stereocenters. The molecule has 6 heteroatoms. The first-order valence-corrected chi connectivity index (χ1v) is 8.90. The zero-order chi connectivity index (χ0) is 20.3. The molecular weight excluding hydrogens is 376 g/mol. The van der Waals surface area contributed by atoms with Crippen molar-refractivity contribution in [2.45, 2.75) is 0 Å². The lowest BCUT2D eigenvalue weighted by atomic mass is 9.97. The maximum Gasteiger partial charge on any atom is 0.338 e. The van der Waals surface area contributed by atoms with Crippen LogP contribution < -0.4 is 10.6 Å². The number of ether oxygens (including phenoxy) is 1. The Bertz CT molecular complexity index is 1010. The van der Waals surface area contributed by atoms with Gasteiger partial charge in [-0.05, 0) is 66.7 Å². The highest BCUT2D eigenvalue weighted by Gasteiger charge is 2.20. The van der Waals surface area contributed by atoms with Crippen LogP contribution in [0.5, 0.6) is 0 Å². The number of hydrogen-bond acceptors (Lipinski definition) is 5. The second kappa shape index (κ2) is 8.15. The number of nitrogens with two attached hydrogens (primary N) is 1. The van der Waals surface area contributed by atoms with E-state index < -0.39 is 5.97 Å². The number of nitrogen functional groups attached to an aromatic ring is 1. The van der Waals surface area contributed by atoms with Gasteiger partial charge >= 0.3 is 5.97 Å². The van der Waals surface area contributed by atoms with E-state index in [4.69, 9.17) is 22.1 Å². The second-order valence-electron chi connectivity index (χ2n) is 6.21. The van der Waals surface area contributed by atoms with Gasteiger partial charge in [0.1, 0.15) is 0 Å². The largest absolute Gasteiger partial charge is 0.465 e.